The van der Waals surface area contributed by atoms with Crippen molar-refractivity contribution in [1.29, 1.82) is 0 Å². The molecule has 0 spiro atoms. The number of rotatable bonds is 5. The van der Waals surface area contributed by atoms with Crippen molar-refractivity contribution in [1.82, 2.24) is 0 Å². The Bertz CT molecular complexity index is 222. The maximum absolute atomic E-state index is 12.1. The minimum Gasteiger partial charge on any atom is -0.299 e. The van der Waals surface area contributed by atoms with Gasteiger partial charge in [-0.05, 0) is 37.5 Å². The molecule has 16 heavy (non-hydrogen) atoms. The summed E-state index contributed by atoms with van der Waals surface area (Å²) < 4.78 is 0. The van der Waals surface area contributed by atoms with E-state index in [1.54, 1.807) is 0 Å². The summed E-state index contributed by atoms with van der Waals surface area (Å²) in [4.78, 5) is 12.1. The van der Waals surface area contributed by atoms with E-state index in [1.807, 2.05) is 0 Å². The van der Waals surface area contributed by atoms with Gasteiger partial charge >= 0.3 is 0 Å². The van der Waals surface area contributed by atoms with Crippen molar-refractivity contribution in [3.05, 3.63) is 0 Å². The molecule has 2 aliphatic carbocycles. The van der Waals surface area contributed by atoms with Crippen LogP contribution in [0.2, 0.25) is 0 Å². The smallest absolute Gasteiger partial charge is 0.136 e. The molecule has 1 heteroatoms. The molecule has 0 radical (unpaired) electrons. The van der Waals surface area contributed by atoms with Crippen LogP contribution in [-0.4, -0.2) is 5.78 Å². The van der Waals surface area contributed by atoms with Crippen molar-refractivity contribution in [3.63, 3.8) is 0 Å². The van der Waals surface area contributed by atoms with E-state index in [9.17, 15) is 4.79 Å². The SMILES string of the molecule is CCCC1CCC(C(=O)CC2CCC2)CC1. The monoisotopic (exact) mass is 222 g/mol. The number of carbonyl (C=O) groups excluding carboxylic acids is 1. The lowest BCUT2D eigenvalue weighted by atomic mass is 9.74. The first-order valence-corrected chi connectivity index (χ1v) is 7.32. The van der Waals surface area contributed by atoms with Crippen molar-refractivity contribution < 1.29 is 4.79 Å². The molecule has 0 aromatic rings. The van der Waals surface area contributed by atoms with Crippen LogP contribution in [0.15, 0.2) is 0 Å². The average molecular weight is 222 g/mol. The zero-order valence-corrected chi connectivity index (χ0v) is 10.7. The molecule has 92 valence electrons. The van der Waals surface area contributed by atoms with E-state index in [0.29, 0.717) is 11.7 Å². The zero-order valence-electron chi connectivity index (χ0n) is 10.7. The number of carbonyl (C=O) groups is 1. The van der Waals surface area contributed by atoms with Crippen molar-refractivity contribution in [2.24, 2.45) is 17.8 Å². The molecule has 0 atom stereocenters. The van der Waals surface area contributed by atoms with Crippen LogP contribution >= 0.6 is 0 Å². The van der Waals surface area contributed by atoms with Crippen LogP contribution in [0.5, 0.6) is 0 Å². The highest BCUT2D eigenvalue weighted by Crippen LogP contribution is 2.36. The fraction of sp³-hybridized carbons (Fsp3) is 0.933. The minimum atomic E-state index is 0.439. The molecule has 0 N–H and O–H groups in total. The Labute approximate surface area is 100.0 Å². The fourth-order valence-electron chi connectivity index (χ4n) is 3.33. The third kappa shape index (κ3) is 3.09. The van der Waals surface area contributed by atoms with E-state index in [0.717, 1.165) is 18.3 Å². The highest BCUT2D eigenvalue weighted by Gasteiger charge is 2.28. The molecule has 0 unspecified atom stereocenters. The Hall–Kier alpha value is -0.330. The summed E-state index contributed by atoms with van der Waals surface area (Å²) in [6, 6.07) is 0. The van der Waals surface area contributed by atoms with Crippen LogP contribution in [0, 0.1) is 17.8 Å². The van der Waals surface area contributed by atoms with Crippen molar-refractivity contribution in [2.45, 2.75) is 71.1 Å². The molecule has 0 aromatic heterocycles. The second-order valence-corrected chi connectivity index (χ2v) is 5.97. The lowest BCUT2D eigenvalue weighted by Crippen LogP contribution is -2.25. The molecule has 1 nitrogen and oxygen atoms in total. The molecule has 2 rings (SSSR count). The Morgan fingerprint density at radius 1 is 1.00 bits per heavy atom. The van der Waals surface area contributed by atoms with Crippen LogP contribution in [0.4, 0.5) is 0 Å². The van der Waals surface area contributed by atoms with Crippen molar-refractivity contribution >= 4 is 5.78 Å². The predicted octanol–water partition coefficient (Wildman–Crippen LogP) is 4.35. The fourth-order valence-corrected chi connectivity index (χ4v) is 3.33. The van der Waals surface area contributed by atoms with Gasteiger partial charge in [-0.1, -0.05) is 39.0 Å². The first-order chi connectivity index (χ1) is 7.79. The average Bonchev–Trinajstić information content (AvgIpc) is 2.25. The number of ketones is 1. The van der Waals surface area contributed by atoms with Gasteiger partial charge in [-0.3, -0.25) is 4.79 Å². The summed E-state index contributed by atoms with van der Waals surface area (Å²) in [5, 5.41) is 0. The topological polar surface area (TPSA) is 17.1 Å². The quantitative estimate of drug-likeness (QED) is 0.675. The van der Waals surface area contributed by atoms with Gasteiger partial charge in [0, 0.05) is 12.3 Å². The van der Waals surface area contributed by atoms with Crippen LogP contribution < -0.4 is 0 Å². The predicted molar refractivity (Wildman–Crippen MR) is 67.3 cm³/mol. The molecular formula is C15H26O. The first-order valence-electron chi connectivity index (χ1n) is 7.32. The number of Topliss-reactive ketones (excluding diaryl/α,β-unsaturated/α-hetero) is 1. The molecular weight excluding hydrogens is 196 g/mol. The van der Waals surface area contributed by atoms with Crippen LogP contribution in [0.3, 0.4) is 0 Å². The van der Waals surface area contributed by atoms with Gasteiger partial charge in [0.15, 0.2) is 0 Å². The van der Waals surface area contributed by atoms with E-state index >= 15 is 0 Å². The summed E-state index contributed by atoms with van der Waals surface area (Å²) in [6.07, 6.45) is 12.6. The normalized spacial score (nSPS) is 31.1. The Kier molecular flexibility index (Phi) is 4.43. The molecule has 0 amide bonds. The summed E-state index contributed by atoms with van der Waals surface area (Å²) in [5.74, 6) is 2.73. The Morgan fingerprint density at radius 3 is 2.19 bits per heavy atom. The first kappa shape index (κ1) is 12.1. The van der Waals surface area contributed by atoms with Gasteiger partial charge in [0.25, 0.3) is 0 Å². The van der Waals surface area contributed by atoms with E-state index in [1.165, 1.54) is 57.8 Å². The van der Waals surface area contributed by atoms with E-state index in [2.05, 4.69) is 6.92 Å². The minimum absolute atomic E-state index is 0.439. The van der Waals surface area contributed by atoms with E-state index in [4.69, 9.17) is 0 Å². The molecule has 0 aromatic carbocycles. The van der Waals surface area contributed by atoms with Gasteiger partial charge in [-0.15, -0.1) is 0 Å². The summed E-state index contributed by atoms with van der Waals surface area (Å²) in [6.45, 7) is 2.27. The second kappa shape index (κ2) is 5.84. The van der Waals surface area contributed by atoms with Crippen LogP contribution in [-0.2, 0) is 4.79 Å². The Balaban J connectivity index is 1.68. The van der Waals surface area contributed by atoms with E-state index in [-0.39, 0.29) is 0 Å². The highest BCUT2D eigenvalue weighted by molar-refractivity contribution is 5.81. The maximum Gasteiger partial charge on any atom is 0.136 e. The van der Waals surface area contributed by atoms with Gasteiger partial charge in [-0.25, -0.2) is 0 Å². The largest absolute Gasteiger partial charge is 0.299 e. The van der Waals surface area contributed by atoms with Crippen LogP contribution in [0.1, 0.15) is 71.1 Å². The third-order valence-electron chi connectivity index (χ3n) is 4.71. The zero-order chi connectivity index (χ0) is 11.4. The summed E-state index contributed by atoms with van der Waals surface area (Å²) in [5.41, 5.74) is 0. The Morgan fingerprint density at radius 2 is 1.69 bits per heavy atom. The third-order valence-corrected chi connectivity index (χ3v) is 4.71. The summed E-state index contributed by atoms with van der Waals surface area (Å²) >= 11 is 0. The standard InChI is InChI=1S/C15H26O/c1-2-4-12-7-9-14(10-8-12)15(16)11-13-5-3-6-13/h12-14H,2-11H2,1H3. The molecule has 0 heterocycles. The maximum atomic E-state index is 12.1. The van der Waals surface area contributed by atoms with Gasteiger partial charge in [-0.2, -0.15) is 0 Å². The lowest BCUT2D eigenvalue weighted by molar-refractivity contribution is -0.125. The van der Waals surface area contributed by atoms with Gasteiger partial charge in [0.1, 0.15) is 5.78 Å². The molecule has 0 saturated heterocycles. The number of hydrogen-bond acceptors (Lipinski definition) is 1. The summed E-state index contributed by atoms with van der Waals surface area (Å²) in [7, 11) is 0. The second-order valence-electron chi connectivity index (χ2n) is 5.97. The molecule has 2 saturated carbocycles. The van der Waals surface area contributed by atoms with Gasteiger partial charge in [0.2, 0.25) is 0 Å². The van der Waals surface area contributed by atoms with Gasteiger partial charge < -0.3 is 0 Å². The molecule has 2 fully saturated rings. The highest BCUT2D eigenvalue weighted by atomic mass is 16.1. The van der Waals surface area contributed by atoms with Gasteiger partial charge in [0.05, 0.1) is 0 Å². The lowest BCUT2D eigenvalue weighted by Gasteiger charge is -2.30. The number of hydrogen-bond donors (Lipinski definition) is 0. The van der Waals surface area contributed by atoms with Crippen molar-refractivity contribution in [3.8, 4) is 0 Å². The molecule has 2 aliphatic rings. The molecule has 0 aliphatic heterocycles. The molecule has 0 bridgehead atoms. The van der Waals surface area contributed by atoms with Crippen molar-refractivity contribution in [2.75, 3.05) is 0 Å². The van der Waals surface area contributed by atoms with Crippen LogP contribution in [0.25, 0.3) is 0 Å². The van der Waals surface area contributed by atoms with E-state index < -0.39 is 0 Å².